The molecule has 0 bridgehead atoms. The zero-order valence-corrected chi connectivity index (χ0v) is 14.0. The molecule has 0 aliphatic heterocycles. The number of hydrogen-bond acceptors (Lipinski definition) is 4. The molecular formula is C17H17N3O2S. The van der Waals surface area contributed by atoms with E-state index in [1.807, 2.05) is 19.9 Å². The maximum Gasteiger partial charge on any atom is 0.325 e. The van der Waals surface area contributed by atoms with E-state index in [0.29, 0.717) is 10.8 Å². The second-order valence-electron chi connectivity index (χ2n) is 5.20. The van der Waals surface area contributed by atoms with Crippen molar-refractivity contribution in [1.82, 2.24) is 4.98 Å². The maximum atomic E-state index is 12.1. The third-order valence-electron chi connectivity index (χ3n) is 3.51. The van der Waals surface area contributed by atoms with Crippen LogP contribution in [0.25, 0.3) is 10.2 Å². The molecule has 0 saturated heterocycles. The minimum absolute atomic E-state index is 0.315. The Morgan fingerprint density at radius 1 is 1.04 bits per heavy atom. The number of nitrogens with zero attached hydrogens (tertiary/aromatic N) is 1. The van der Waals surface area contributed by atoms with Gasteiger partial charge in [-0.1, -0.05) is 23.5 Å². The Balaban J connectivity index is 1.74. The van der Waals surface area contributed by atoms with Crippen LogP contribution in [-0.4, -0.2) is 18.1 Å². The van der Waals surface area contributed by atoms with Crippen molar-refractivity contribution in [2.45, 2.75) is 13.8 Å². The largest absolute Gasteiger partial charge is 0.497 e. The molecule has 23 heavy (non-hydrogen) atoms. The van der Waals surface area contributed by atoms with Crippen LogP contribution in [0.15, 0.2) is 36.4 Å². The first-order valence-corrected chi connectivity index (χ1v) is 7.97. The summed E-state index contributed by atoms with van der Waals surface area (Å²) in [4.78, 5) is 16.6. The van der Waals surface area contributed by atoms with E-state index in [1.165, 1.54) is 11.3 Å². The number of ether oxygens (including phenoxy) is 1. The van der Waals surface area contributed by atoms with Crippen LogP contribution in [0.3, 0.4) is 0 Å². The molecule has 2 amide bonds. The smallest absolute Gasteiger partial charge is 0.325 e. The summed E-state index contributed by atoms with van der Waals surface area (Å²) in [6.07, 6.45) is 0. The molecule has 0 radical (unpaired) electrons. The Morgan fingerprint density at radius 3 is 2.39 bits per heavy atom. The zero-order valence-electron chi connectivity index (χ0n) is 13.1. The van der Waals surface area contributed by atoms with Gasteiger partial charge in [0.15, 0.2) is 5.13 Å². The normalized spacial score (nSPS) is 10.6. The zero-order chi connectivity index (χ0) is 16.4. The summed E-state index contributed by atoms with van der Waals surface area (Å²) < 4.78 is 6.19. The Kier molecular flexibility index (Phi) is 4.16. The number of benzene rings is 2. The molecule has 1 aromatic heterocycles. The Bertz CT molecular complexity index is 817. The van der Waals surface area contributed by atoms with Gasteiger partial charge >= 0.3 is 6.03 Å². The highest BCUT2D eigenvalue weighted by Gasteiger charge is 2.11. The van der Waals surface area contributed by atoms with Crippen molar-refractivity contribution in [1.29, 1.82) is 0 Å². The molecule has 3 rings (SSSR count). The van der Waals surface area contributed by atoms with Crippen molar-refractivity contribution < 1.29 is 9.53 Å². The van der Waals surface area contributed by atoms with Gasteiger partial charge in [0.25, 0.3) is 0 Å². The average Bonchev–Trinajstić information content (AvgIpc) is 2.96. The van der Waals surface area contributed by atoms with Crippen molar-refractivity contribution >= 4 is 38.4 Å². The molecule has 5 nitrogen and oxygen atoms in total. The fraction of sp³-hybridized carbons (Fsp3) is 0.176. The van der Waals surface area contributed by atoms with Crippen LogP contribution in [-0.2, 0) is 0 Å². The monoisotopic (exact) mass is 327 g/mol. The Labute approximate surface area is 138 Å². The van der Waals surface area contributed by atoms with Crippen LogP contribution in [0.4, 0.5) is 15.6 Å². The van der Waals surface area contributed by atoms with Crippen LogP contribution >= 0.6 is 11.3 Å². The molecule has 0 unspecified atom stereocenters. The summed E-state index contributed by atoms with van der Waals surface area (Å²) >= 11 is 1.48. The molecular weight excluding hydrogens is 310 g/mol. The summed E-state index contributed by atoms with van der Waals surface area (Å²) in [6, 6.07) is 10.9. The molecule has 3 aromatic rings. The summed E-state index contributed by atoms with van der Waals surface area (Å²) in [5.74, 6) is 0.744. The van der Waals surface area contributed by atoms with Gasteiger partial charge in [-0.2, -0.15) is 0 Å². The summed E-state index contributed by atoms with van der Waals surface area (Å²) in [5.41, 5.74) is 3.89. The first-order chi connectivity index (χ1) is 11.1. The van der Waals surface area contributed by atoms with Crippen LogP contribution in [0, 0.1) is 13.8 Å². The lowest BCUT2D eigenvalue weighted by atomic mass is 10.1. The number of thiazole rings is 1. The van der Waals surface area contributed by atoms with E-state index in [0.717, 1.165) is 27.1 Å². The minimum atomic E-state index is -0.315. The van der Waals surface area contributed by atoms with E-state index >= 15 is 0 Å². The van der Waals surface area contributed by atoms with Gasteiger partial charge in [0.05, 0.1) is 17.3 Å². The highest BCUT2D eigenvalue weighted by atomic mass is 32.1. The fourth-order valence-corrected chi connectivity index (χ4v) is 3.25. The molecule has 0 aliphatic carbocycles. The van der Waals surface area contributed by atoms with Gasteiger partial charge in [0, 0.05) is 5.69 Å². The van der Waals surface area contributed by atoms with Gasteiger partial charge in [0.2, 0.25) is 0 Å². The fourth-order valence-electron chi connectivity index (χ4n) is 2.25. The van der Waals surface area contributed by atoms with E-state index in [1.54, 1.807) is 31.4 Å². The van der Waals surface area contributed by atoms with Gasteiger partial charge in [-0.15, -0.1) is 0 Å². The number of urea groups is 1. The lowest BCUT2D eigenvalue weighted by Gasteiger charge is -2.06. The van der Waals surface area contributed by atoms with Crippen LogP contribution in [0.1, 0.15) is 11.1 Å². The van der Waals surface area contributed by atoms with E-state index < -0.39 is 0 Å². The van der Waals surface area contributed by atoms with Crippen LogP contribution in [0.2, 0.25) is 0 Å². The van der Waals surface area contributed by atoms with E-state index in [-0.39, 0.29) is 6.03 Å². The number of anilines is 2. The van der Waals surface area contributed by atoms with Crippen molar-refractivity contribution in [3.8, 4) is 5.75 Å². The number of carbonyl (C=O) groups excluding carboxylic acids is 1. The van der Waals surface area contributed by atoms with Crippen molar-refractivity contribution in [2.24, 2.45) is 0 Å². The van der Waals surface area contributed by atoms with Crippen molar-refractivity contribution in [2.75, 3.05) is 17.7 Å². The number of aryl methyl sites for hydroxylation is 2. The first kappa shape index (κ1) is 15.3. The van der Waals surface area contributed by atoms with Crippen molar-refractivity contribution in [3.63, 3.8) is 0 Å². The van der Waals surface area contributed by atoms with E-state index in [2.05, 4.69) is 21.7 Å². The number of amides is 2. The topological polar surface area (TPSA) is 63.2 Å². The number of methoxy groups -OCH3 is 1. The molecule has 2 aromatic carbocycles. The van der Waals surface area contributed by atoms with Gasteiger partial charge in [-0.05, 0) is 49.2 Å². The summed E-state index contributed by atoms with van der Waals surface area (Å²) in [6.45, 7) is 4.06. The minimum Gasteiger partial charge on any atom is -0.497 e. The van der Waals surface area contributed by atoms with Crippen LogP contribution in [0.5, 0.6) is 5.75 Å². The van der Waals surface area contributed by atoms with E-state index in [9.17, 15) is 4.79 Å². The van der Waals surface area contributed by atoms with Gasteiger partial charge in [0.1, 0.15) is 5.75 Å². The number of hydrogen-bond donors (Lipinski definition) is 2. The molecule has 0 aliphatic rings. The van der Waals surface area contributed by atoms with Gasteiger partial charge < -0.3 is 10.1 Å². The molecule has 0 fully saturated rings. The number of fused-ring (bicyclic) bond motifs is 1. The van der Waals surface area contributed by atoms with E-state index in [4.69, 9.17) is 4.74 Å². The molecule has 6 heteroatoms. The highest BCUT2D eigenvalue weighted by molar-refractivity contribution is 7.22. The number of carbonyl (C=O) groups is 1. The van der Waals surface area contributed by atoms with Gasteiger partial charge in [-0.25, -0.2) is 9.78 Å². The quantitative estimate of drug-likeness (QED) is 0.741. The van der Waals surface area contributed by atoms with Gasteiger partial charge in [-0.3, -0.25) is 5.32 Å². The number of rotatable bonds is 3. The Morgan fingerprint density at radius 2 is 1.74 bits per heavy atom. The highest BCUT2D eigenvalue weighted by Crippen LogP contribution is 2.30. The second kappa shape index (κ2) is 6.26. The summed E-state index contributed by atoms with van der Waals surface area (Å²) in [5, 5.41) is 6.15. The molecule has 2 N–H and O–H groups in total. The molecule has 0 saturated carbocycles. The number of nitrogens with one attached hydrogen (secondary N) is 2. The summed E-state index contributed by atoms with van der Waals surface area (Å²) in [7, 11) is 1.60. The second-order valence-corrected chi connectivity index (χ2v) is 6.20. The molecule has 0 spiro atoms. The molecule has 0 atom stereocenters. The standard InChI is InChI=1S/C17H17N3O2S/c1-10-4-5-11(2)15-14(10)19-17(23-15)20-16(21)18-12-6-8-13(22-3)9-7-12/h4-9H,1-3H3,(H2,18,19,20,21). The molecule has 118 valence electrons. The number of aromatic nitrogens is 1. The lowest BCUT2D eigenvalue weighted by Crippen LogP contribution is -2.19. The third kappa shape index (κ3) is 3.27. The lowest BCUT2D eigenvalue weighted by molar-refractivity contribution is 0.262. The third-order valence-corrected chi connectivity index (χ3v) is 4.62. The van der Waals surface area contributed by atoms with Crippen LogP contribution < -0.4 is 15.4 Å². The SMILES string of the molecule is COc1ccc(NC(=O)Nc2nc3c(C)ccc(C)c3s2)cc1. The molecule has 1 heterocycles. The predicted molar refractivity (Wildman–Crippen MR) is 94.7 cm³/mol. The Hall–Kier alpha value is -2.60. The maximum absolute atomic E-state index is 12.1. The first-order valence-electron chi connectivity index (χ1n) is 7.15. The predicted octanol–water partition coefficient (Wildman–Crippen LogP) is 4.57. The van der Waals surface area contributed by atoms with Crippen molar-refractivity contribution in [3.05, 3.63) is 47.5 Å². The average molecular weight is 327 g/mol.